The molecule has 0 saturated carbocycles. The third-order valence-corrected chi connectivity index (χ3v) is 4.07. The molecule has 2 N–H and O–H groups in total. The van der Waals surface area contributed by atoms with Crippen LogP contribution in [0.4, 0.5) is 0 Å². The zero-order valence-electron chi connectivity index (χ0n) is 12.0. The predicted molar refractivity (Wildman–Crippen MR) is 75.7 cm³/mol. The first-order valence-electron chi connectivity index (χ1n) is 6.88. The van der Waals surface area contributed by atoms with Crippen molar-refractivity contribution in [3.63, 3.8) is 0 Å². The molecule has 0 aromatic heterocycles. The Kier molecular flexibility index (Phi) is 3.52. The van der Waals surface area contributed by atoms with Gasteiger partial charge in [-0.15, -0.1) is 0 Å². The molecule has 0 amide bonds. The number of benzene rings is 1. The first kappa shape index (κ1) is 13.6. The second-order valence-electron chi connectivity index (χ2n) is 6.62. The maximum absolute atomic E-state index is 10.7. The van der Waals surface area contributed by atoms with Crippen LogP contribution in [0.2, 0.25) is 0 Å². The molecule has 0 unspecified atom stereocenters. The number of aliphatic hydroxyl groups is 1. The summed E-state index contributed by atoms with van der Waals surface area (Å²) in [6.07, 6.45) is 2.20. The Morgan fingerprint density at radius 3 is 2.06 bits per heavy atom. The topological polar surface area (TPSA) is 32.3 Å². The predicted octanol–water partition coefficient (Wildman–Crippen LogP) is 2.94. The van der Waals surface area contributed by atoms with Gasteiger partial charge in [0.15, 0.2) is 0 Å². The second-order valence-corrected chi connectivity index (χ2v) is 6.62. The summed E-state index contributed by atoms with van der Waals surface area (Å²) < 4.78 is 0. The van der Waals surface area contributed by atoms with Crippen LogP contribution in [0.3, 0.4) is 0 Å². The molecule has 2 atom stereocenters. The van der Waals surface area contributed by atoms with Gasteiger partial charge >= 0.3 is 0 Å². The highest BCUT2D eigenvalue weighted by molar-refractivity contribution is 5.31. The molecule has 0 spiro atoms. The molecule has 0 bridgehead atoms. The van der Waals surface area contributed by atoms with Crippen LogP contribution in [-0.2, 0) is 11.0 Å². The van der Waals surface area contributed by atoms with Crippen LogP contribution in [0.5, 0.6) is 0 Å². The van der Waals surface area contributed by atoms with Gasteiger partial charge in [0.05, 0.1) is 0 Å². The Morgan fingerprint density at radius 1 is 1.06 bits per heavy atom. The molecule has 18 heavy (non-hydrogen) atoms. The van der Waals surface area contributed by atoms with Crippen LogP contribution in [-0.4, -0.2) is 17.7 Å². The minimum absolute atomic E-state index is 0.163. The van der Waals surface area contributed by atoms with Gasteiger partial charge in [0, 0.05) is 6.04 Å². The van der Waals surface area contributed by atoms with E-state index in [9.17, 15) is 5.11 Å². The minimum atomic E-state index is -0.771. The van der Waals surface area contributed by atoms with E-state index in [-0.39, 0.29) is 11.5 Å². The highest BCUT2D eigenvalue weighted by Crippen LogP contribution is 2.31. The average Bonchev–Trinajstić information content (AvgIpc) is 2.82. The molecule has 1 aliphatic heterocycles. The number of hydrogen-bond acceptors (Lipinski definition) is 2. The molecule has 0 radical (unpaired) electrons. The molecule has 1 heterocycles. The summed E-state index contributed by atoms with van der Waals surface area (Å²) in [7, 11) is 0. The fourth-order valence-corrected chi connectivity index (χ4v) is 2.67. The summed E-state index contributed by atoms with van der Waals surface area (Å²) in [5.74, 6) is 0. The third kappa shape index (κ3) is 2.60. The monoisotopic (exact) mass is 247 g/mol. The Morgan fingerprint density at radius 2 is 1.61 bits per heavy atom. The van der Waals surface area contributed by atoms with Crippen LogP contribution in [0.25, 0.3) is 0 Å². The highest BCUT2D eigenvalue weighted by Gasteiger charge is 2.35. The van der Waals surface area contributed by atoms with E-state index in [1.54, 1.807) is 0 Å². The van der Waals surface area contributed by atoms with Crippen molar-refractivity contribution in [2.45, 2.75) is 57.6 Å². The lowest BCUT2D eigenvalue weighted by molar-refractivity contribution is 0.0218. The van der Waals surface area contributed by atoms with Crippen molar-refractivity contribution in [3.05, 3.63) is 35.4 Å². The summed E-state index contributed by atoms with van der Waals surface area (Å²) in [5.41, 5.74) is 1.71. The van der Waals surface area contributed by atoms with Gasteiger partial charge in [-0.1, -0.05) is 45.0 Å². The molecule has 1 saturated heterocycles. The Balaban J connectivity index is 2.23. The number of rotatable bonds is 2. The van der Waals surface area contributed by atoms with Gasteiger partial charge < -0.3 is 10.4 Å². The summed E-state index contributed by atoms with van der Waals surface area (Å²) in [6.45, 7) is 9.55. The average molecular weight is 247 g/mol. The maximum atomic E-state index is 10.7. The molecule has 2 rings (SSSR count). The van der Waals surface area contributed by atoms with Crippen LogP contribution < -0.4 is 5.32 Å². The molecular weight excluding hydrogens is 222 g/mol. The van der Waals surface area contributed by atoms with E-state index in [4.69, 9.17) is 0 Å². The fourth-order valence-electron chi connectivity index (χ4n) is 2.67. The van der Waals surface area contributed by atoms with E-state index in [2.05, 4.69) is 50.4 Å². The minimum Gasteiger partial charge on any atom is -0.384 e. The lowest BCUT2D eigenvalue weighted by atomic mass is 9.83. The second kappa shape index (κ2) is 4.67. The van der Waals surface area contributed by atoms with Crippen molar-refractivity contribution in [3.8, 4) is 0 Å². The number of nitrogens with one attached hydrogen (secondary N) is 1. The molecule has 0 aliphatic carbocycles. The summed E-state index contributed by atoms with van der Waals surface area (Å²) >= 11 is 0. The maximum Gasteiger partial charge on any atom is 0.102 e. The third-order valence-electron chi connectivity index (χ3n) is 4.07. The van der Waals surface area contributed by atoms with Gasteiger partial charge in [0.25, 0.3) is 0 Å². The van der Waals surface area contributed by atoms with Gasteiger partial charge in [0.1, 0.15) is 5.60 Å². The molecular formula is C16H25NO. The van der Waals surface area contributed by atoms with E-state index in [0.29, 0.717) is 0 Å². The first-order valence-corrected chi connectivity index (χ1v) is 6.88. The standard InChI is InChI=1S/C16H25NO/c1-15(2,3)12-7-9-13(10-8-12)16(4,18)14-6-5-11-17-14/h7-10,14,17-18H,5-6,11H2,1-4H3/t14-,16+/m0/s1. The SMILES string of the molecule is CC(C)(C)c1ccc([C@@](C)(O)[C@@H]2CCCN2)cc1. The van der Waals surface area contributed by atoms with E-state index < -0.39 is 5.60 Å². The smallest absolute Gasteiger partial charge is 0.102 e. The lowest BCUT2D eigenvalue weighted by Gasteiger charge is -2.31. The van der Waals surface area contributed by atoms with E-state index >= 15 is 0 Å². The highest BCUT2D eigenvalue weighted by atomic mass is 16.3. The van der Waals surface area contributed by atoms with Gasteiger partial charge in [-0.2, -0.15) is 0 Å². The van der Waals surface area contributed by atoms with Crippen LogP contribution >= 0.6 is 0 Å². The first-order chi connectivity index (χ1) is 8.32. The van der Waals surface area contributed by atoms with Crippen molar-refractivity contribution < 1.29 is 5.11 Å². The summed E-state index contributed by atoms with van der Waals surface area (Å²) in [6, 6.07) is 8.59. The molecule has 2 heteroatoms. The van der Waals surface area contributed by atoms with Crippen LogP contribution in [0.15, 0.2) is 24.3 Å². The molecule has 1 aromatic rings. The van der Waals surface area contributed by atoms with Gasteiger partial charge in [-0.05, 0) is 42.9 Å². The van der Waals surface area contributed by atoms with Gasteiger partial charge in [-0.25, -0.2) is 0 Å². The Labute approximate surface area is 110 Å². The van der Waals surface area contributed by atoms with Crippen molar-refractivity contribution in [2.75, 3.05) is 6.54 Å². The van der Waals surface area contributed by atoms with Crippen molar-refractivity contribution >= 4 is 0 Å². The molecule has 1 aromatic carbocycles. The Hall–Kier alpha value is -0.860. The van der Waals surface area contributed by atoms with E-state index in [1.165, 1.54) is 5.56 Å². The molecule has 1 aliphatic rings. The summed E-state index contributed by atoms with van der Waals surface area (Å²) in [5, 5.41) is 14.1. The molecule has 1 fully saturated rings. The quantitative estimate of drug-likeness (QED) is 0.842. The van der Waals surface area contributed by atoms with Crippen LogP contribution in [0.1, 0.15) is 51.7 Å². The lowest BCUT2D eigenvalue weighted by Crippen LogP contribution is -2.42. The Bertz CT molecular complexity index is 394. The zero-order chi connectivity index (χ0) is 13.4. The van der Waals surface area contributed by atoms with E-state index in [1.807, 2.05) is 6.92 Å². The number of hydrogen-bond donors (Lipinski definition) is 2. The van der Waals surface area contributed by atoms with Crippen LogP contribution in [0, 0.1) is 0 Å². The van der Waals surface area contributed by atoms with E-state index in [0.717, 1.165) is 24.9 Å². The van der Waals surface area contributed by atoms with Gasteiger partial charge in [-0.3, -0.25) is 0 Å². The van der Waals surface area contributed by atoms with Crippen molar-refractivity contribution in [1.29, 1.82) is 0 Å². The largest absolute Gasteiger partial charge is 0.384 e. The molecule has 100 valence electrons. The zero-order valence-corrected chi connectivity index (χ0v) is 12.0. The van der Waals surface area contributed by atoms with Gasteiger partial charge in [0.2, 0.25) is 0 Å². The van der Waals surface area contributed by atoms with Crippen molar-refractivity contribution in [1.82, 2.24) is 5.32 Å². The molecule has 2 nitrogen and oxygen atoms in total. The fraction of sp³-hybridized carbons (Fsp3) is 0.625. The summed E-state index contributed by atoms with van der Waals surface area (Å²) in [4.78, 5) is 0. The van der Waals surface area contributed by atoms with Crippen molar-refractivity contribution in [2.24, 2.45) is 0 Å². The normalized spacial score (nSPS) is 23.9.